The average Bonchev–Trinajstić information content (AvgIpc) is 2.50. The zero-order valence-electron chi connectivity index (χ0n) is 11.6. The number of rotatable bonds is 3. The number of carbonyl (C=O) groups excluding carboxylic acids is 2. The lowest BCUT2D eigenvalue weighted by atomic mass is 9.95. The molecule has 2 N–H and O–H groups in total. The van der Waals surface area contributed by atoms with Crippen molar-refractivity contribution in [2.45, 2.75) is 43.0 Å². The van der Waals surface area contributed by atoms with Crippen molar-refractivity contribution in [3.63, 3.8) is 0 Å². The highest BCUT2D eigenvalue weighted by atomic mass is 32.2. The fraction of sp³-hybridized carbons (Fsp3) is 0.400. The number of amides is 2. The lowest BCUT2D eigenvalue weighted by Crippen LogP contribution is -2.42. The number of carbonyl (C=O) groups is 2. The first-order chi connectivity index (χ1) is 10.2. The van der Waals surface area contributed by atoms with Gasteiger partial charge in [0.2, 0.25) is 0 Å². The van der Waals surface area contributed by atoms with Crippen LogP contribution in [0.25, 0.3) is 0 Å². The normalized spacial score (nSPS) is 15.0. The van der Waals surface area contributed by atoms with Gasteiger partial charge in [0.15, 0.2) is 0 Å². The van der Waals surface area contributed by atoms with Crippen LogP contribution in [-0.4, -0.2) is 17.9 Å². The third-order valence-corrected chi connectivity index (χ3v) is 4.02. The minimum Gasteiger partial charge on any atom is -0.345 e. The van der Waals surface area contributed by atoms with E-state index in [0.717, 1.165) is 42.3 Å². The van der Waals surface area contributed by atoms with Gasteiger partial charge in [-0.1, -0.05) is 19.3 Å². The number of nitrogens with zero attached hydrogens (tertiary/aromatic N) is 1. The van der Waals surface area contributed by atoms with Gasteiger partial charge in [-0.05, 0) is 48.9 Å². The number of nitrogens with one attached hydrogen (secondary N) is 2. The molecule has 0 radical (unpaired) electrons. The second-order valence-electron chi connectivity index (χ2n) is 4.98. The zero-order valence-corrected chi connectivity index (χ0v) is 12.4. The molecule has 1 aliphatic carbocycles. The number of thioether (sulfide) groups is 1. The van der Waals surface area contributed by atoms with Gasteiger partial charge in [0, 0.05) is 16.6 Å². The summed E-state index contributed by atoms with van der Waals surface area (Å²) in [6, 6.07) is 6.91. The number of thiocyanates is 1. The van der Waals surface area contributed by atoms with E-state index in [1.807, 2.05) is 5.40 Å². The molecule has 0 saturated heterocycles. The lowest BCUT2D eigenvalue weighted by molar-refractivity contribution is -0.136. The predicted molar refractivity (Wildman–Crippen MR) is 81.6 cm³/mol. The van der Waals surface area contributed by atoms with Gasteiger partial charge in [0.05, 0.1) is 0 Å². The maximum Gasteiger partial charge on any atom is 0.313 e. The molecule has 0 aliphatic heterocycles. The summed E-state index contributed by atoms with van der Waals surface area (Å²) in [6.45, 7) is 0. The van der Waals surface area contributed by atoms with Crippen LogP contribution in [0.5, 0.6) is 0 Å². The fourth-order valence-electron chi connectivity index (χ4n) is 2.34. The molecule has 1 saturated carbocycles. The van der Waals surface area contributed by atoms with Crippen molar-refractivity contribution in [3.8, 4) is 5.40 Å². The molecule has 6 heteroatoms. The summed E-state index contributed by atoms with van der Waals surface area (Å²) in [5.41, 5.74) is 0.543. The molecule has 5 nitrogen and oxygen atoms in total. The Kier molecular flexibility index (Phi) is 5.64. The van der Waals surface area contributed by atoms with E-state index in [1.165, 1.54) is 6.42 Å². The molecule has 1 fully saturated rings. The molecule has 2 amide bonds. The van der Waals surface area contributed by atoms with Crippen molar-refractivity contribution in [1.29, 1.82) is 5.26 Å². The van der Waals surface area contributed by atoms with E-state index in [2.05, 4.69) is 10.6 Å². The fourth-order valence-corrected chi connectivity index (χ4v) is 2.72. The molecule has 0 heterocycles. The van der Waals surface area contributed by atoms with Crippen LogP contribution in [0.2, 0.25) is 0 Å². The van der Waals surface area contributed by atoms with E-state index in [4.69, 9.17) is 5.26 Å². The summed E-state index contributed by atoms with van der Waals surface area (Å²) in [5.74, 6) is -1.24. The molecule has 2 rings (SSSR count). The molecule has 0 unspecified atom stereocenters. The summed E-state index contributed by atoms with van der Waals surface area (Å²) in [4.78, 5) is 24.4. The van der Waals surface area contributed by atoms with E-state index in [1.54, 1.807) is 24.3 Å². The highest BCUT2D eigenvalue weighted by molar-refractivity contribution is 8.03. The maximum atomic E-state index is 11.8. The van der Waals surface area contributed by atoms with Gasteiger partial charge in [-0.3, -0.25) is 9.59 Å². The molecule has 21 heavy (non-hydrogen) atoms. The second-order valence-corrected chi connectivity index (χ2v) is 5.84. The first kappa shape index (κ1) is 15.4. The first-order valence-corrected chi connectivity index (χ1v) is 7.78. The van der Waals surface area contributed by atoms with Gasteiger partial charge in [0.1, 0.15) is 5.40 Å². The topological polar surface area (TPSA) is 82.0 Å². The Balaban J connectivity index is 1.85. The van der Waals surface area contributed by atoms with Crippen LogP contribution in [-0.2, 0) is 9.59 Å². The van der Waals surface area contributed by atoms with Crippen LogP contribution in [0.1, 0.15) is 32.1 Å². The molecule has 1 aromatic carbocycles. The van der Waals surface area contributed by atoms with Gasteiger partial charge in [-0.15, -0.1) is 0 Å². The molecule has 0 aromatic heterocycles. The molecular weight excluding hydrogens is 286 g/mol. The summed E-state index contributed by atoms with van der Waals surface area (Å²) < 4.78 is 0. The minimum atomic E-state index is -0.652. The second kappa shape index (κ2) is 7.70. The van der Waals surface area contributed by atoms with Gasteiger partial charge < -0.3 is 10.6 Å². The van der Waals surface area contributed by atoms with Crippen LogP contribution in [0.3, 0.4) is 0 Å². The maximum absolute atomic E-state index is 11.8. The summed E-state index contributed by atoms with van der Waals surface area (Å²) in [6.07, 6.45) is 5.29. The Hall–Kier alpha value is -2.00. The van der Waals surface area contributed by atoms with Gasteiger partial charge in [0.25, 0.3) is 0 Å². The van der Waals surface area contributed by atoms with Crippen molar-refractivity contribution < 1.29 is 9.59 Å². The van der Waals surface area contributed by atoms with E-state index in [0.29, 0.717) is 5.69 Å². The number of nitriles is 1. The standard InChI is InChI=1S/C15H17N3O2S/c16-10-21-13-8-6-12(7-9-13)18-15(20)14(19)17-11-4-2-1-3-5-11/h6-9,11H,1-5H2,(H,17,19)(H,18,20). The number of hydrogen-bond donors (Lipinski definition) is 2. The van der Waals surface area contributed by atoms with Crippen LogP contribution >= 0.6 is 11.8 Å². The predicted octanol–water partition coefficient (Wildman–Crippen LogP) is 2.65. The third kappa shape index (κ3) is 4.80. The van der Waals surface area contributed by atoms with E-state index >= 15 is 0 Å². The van der Waals surface area contributed by atoms with Gasteiger partial charge in [-0.2, -0.15) is 5.26 Å². The Morgan fingerprint density at radius 1 is 1.10 bits per heavy atom. The van der Waals surface area contributed by atoms with Crippen molar-refractivity contribution >= 4 is 29.3 Å². The monoisotopic (exact) mass is 303 g/mol. The van der Waals surface area contributed by atoms with Crippen molar-refractivity contribution in [2.24, 2.45) is 0 Å². The largest absolute Gasteiger partial charge is 0.345 e. The van der Waals surface area contributed by atoms with Crippen molar-refractivity contribution in [3.05, 3.63) is 24.3 Å². The number of anilines is 1. The average molecular weight is 303 g/mol. The number of hydrogen-bond acceptors (Lipinski definition) is 4. The molecule has 1 aromatic rings. The van der Waals surface area contributed by atoms with E-state index < -0.39 is 11.8 Å². The van der Waals surface area contributed by atoms with E-state index in [9.17, 15) is 9.59 Å². The molecule has 1 aliphatic rings. The SMILES string of the molecule is N#CSc1ccc(NC(=O)C(=O)NC2CCCCC2)cc1. The van der Waals surface area contributed by atoms with Crippen LogP contribution in [0.15, 0.2) is 29.2 Å². The highest BCUT2D eigenvalue weighted by Gasteiger charge is 2.20. The molecule has 110 valence electrons. The summed E-state index contributed by atoms with van der Waals surface area (Å²) in [7, 11) is 0. The molecule has 0 atom stereocenters. The van der Waals surface area contributed by atoms with Crippen molar-refractivity contribution in [2.75, 3.05) is 5.32 Å². The Bertz CT molecular complexity index is 545. The molecule has 0 bridgehead atoms. The Labute approximate surface area is 128 Å². The Morgan fingerprint density at radius 2 is 1.76 bits per heavy atom. The molecular formula is C15H17N3O2S. The lowest BCUT2D eigenvalue weighted by Gasteiger charge is -2.22. The molecule has 0 spiro atoms. The van der Waals surface area contributed by atoms with Crippen molar-refractivity contribution in [1.82, 2.24) is 5.32 Å². The quantitative estimate of drug-likeness (QED) is 0.511. The first-order valence-electron chi connectivity index (χ1n) is 6.97. The number of benzene rings is 1. The summed E-state index contributed by atoms with van der Waals surface area (Å²) in [5, 5.41) is 15.9. The minimum absolute atomic E-state index is 0.117. The van der Waals surface area contributed by atoms with Gasteiger partial charge >= 0.3 is 11.8 Å². The van der Waals surface area contributed by atoms with E-state index in [-0.39, 0.29) is 6.04 Å². The zero-order chi connectivity index (χ0) is 15.1. The smallest absolute Gasteiger partial charge is 0.313 e. The third-order valence-electron chi connectivity index (χ3n) is 3.42. The van der Waals surface area contributed by atoms with Crippen LogP contribution in [0, 0.1) is 10.7 Å². The van der Waals surface area contributed by atoms with Gasteiger partial charge in [-0.25, -0.2) is 0 Å². The summed E-state index contributed by atoms with van der Waals surface area (Å²) >= 11 is 1.05. The Morgan fingerprint density at radius 3 is 2.38 bits per heavy atom. The highest BCUT2D eigenvalue weighted by Crippen LogP contribution is 2.19. The van der Waals surface area contributed by atoms with Crippen LogP contribution < -0.4 is 10.6 Å². The van der Waals surface area contributed by atoms with Crippen LogP contribution in [0.4, 0.5) is 5.69 Å².